The smallest absolute Gasteiger partial charge is 0.196 e. The molecule has 2 nitrogen and oxygen atoms in total. The van der Waals surface area contributed by atoms with E-state index in [1.807, 2.05) is 0 Å². The maximum Gasteiger partial charge on any atom is 0.196 e. The summed E-state index contributed by atoms with van der Waals surface area (Å²) in [4.78, 5) is 12.0. The van der Waals surface area contributed by atoms with Gasteiger partial charge in [0.15, 0.2) is 5.78 Å². The van der Waals surface area contributed by atoms with Gasteiger partial charge in [-0.25, -0.2) is 0 Å². The quantitative estimate of drug-likeness (QED) is 0.721. The number of allylic oxidation sites excluding steroid dienone is 4. The van der Waals surface area contributed by atoms with E-state index >= 15 is 0 Å². The molecule has 0 bridgehead atoms. The van der Waals surface area contributed by atoms with Gasteiger partial charge in [0.05, 0.1) is 11.1 Å². The molecule has 7 atom stereocenters. The second kappa shape index (κ2) is 4.14. The zero-order valence-corrected chi connectivity index (χ0v) is 14.7. The first-order chi connectivity index (χ1) is 10.8. The van der Waals surface area contributed by atoms with Crippen LogP contribution >= 0.6 is 11.6 Å². The third-order valence-corrected chi connectivity index (χ3v) is 9.18. The highest BCUT2D eigenvalue weighted by Gasteiger charge is 2.77. The van der Waals surface area contributed by atoms with E-state index in [9.17, 15) is 9.90 Å². The van der Waals surface area contributed by atoms with Crippen molar-refractivity contribution in [1.82, 2.24) is 0 Å². The Hall–Kier alpha value is -0.600. The van der Waals surface area contributed by atoms with Crippen LogP contribution < -0.4 is 0 Å². The van der Waals surface area contributed by atoms with Gasteiger partial charge in [0.2, 0.25) is 0 Å². The number of ketones is 1. The molecule has 5 aliphatic rings. The summed E-state index contributed by atoms with van der Waals surface area (Å²) in [7, 11) is 0. The Bertz CT molecular complexity index is 679. The Morgan fingerprint density at radius 1 is 1.26 bits per heavy atom. The van der Waals surface area contributed by atoms with Crippen LogP contribution in [-0.2, 0) is 4.79 Å². The fourth-order valence-electron chi connectivity index (χ4n) is 7.48. The normalized spacial score (nSPS) is 56.8. The minimum absolute atomic E-state index is 0.0167. The van der Waals surface area contributed by atoms with Crippen LogP contribution in [0.2, 0.25) is 0 Å². The lowest BCUT2D eigenvalue weighted by atomic mass is 9.46. The second-order valence-corrected chi connectivity index (χ2v) is 9.55. The van der Waals surface area contributed by atoms with E-state index in [1.165, 1.54) is 12.0 Å². The van der Waals surface area contributed by atoms with Gasteiger partial charge in [0.1, 0.15) is 0 Å². The number of hydrogen-bond acceptors (Lipinski definition) is 2. The Kier molecular flexibility index (Phi) is 2.65. The van der Waals surface area contributed by atoms with Crippen LogP contribution in [0.3, 0.4) is 0 Å². The number of aliphatic hydroxyl groups excluding tert-OH is 1. The van der Waals surface area contributed by atoms with Crippen LogP contribution in [0.4, 0.5) is 0 Å². The number of halogens is 1. The van der Waals surface area contributed by atoms with Gasteiger partial charge >= 0.3 is 0 Å². The molecule has 5 aliphatic carbocycles. The summed E-state index contributed by atoms with van der Waals surface area (Å²) in [5.41, 5.74) is 1.62. The molecule has 0 saturated heterocycles. The van der Waals surface area contributed by atoms with Crippen molar-refractivity contribution in [2.24, 2.45) is 34.0 Å². The van der Waals surface area contributed by atoms with Gasteiger partial charge in [-0.2, -0.15) is 0 Å². The zero-order chi connectivity index (χ0) is 16.2. The lowest BCUT2D eigenvalue weighted by Gasteiger charge is -2.58. The number of fused-ring (bicyclic) bond motifs is 3. The van der Waals surface area contributed by atoms with E-state index in [4.69, 9.17) is 11.6 Å². The van der Waals surface area contributed by atoms with Crippen molar-refractivity contribution < 1.29 is 9.90 Å². The topological polar surface area (TPSA) is 37.3 Å². The predicted octanol–water partition coefficient (Wildman–Crippen LogP) is 4.22. The van der Waals surface area contributed by atoms with Gasteiger partial charge in [-0.3, -0.25) is 4.79 Å². The molecule has 0 aromatic carbocycles. The van der Waals surface area contributed by atoms with Gasteiger partial charge < -0.3 is 5.11 Å². The molecule has 0 radical (unpaired) electrons. The van der Waals surface area contributed by atoms with Gasteiger partial charge in [0.25, 0.3) is 0 Å². The van der Waals surface area contributed by atoms with Crippen LogP contribution in [0.5, 0.6) is 0 Å². The van der Waals surface area contributed by atoms with Crippen molar-refractivity contribution in [3.05, 3.63) is 22.8 Å². The van der Waals surface area contributed by atoms with E-state index in [-0.39, 0.29) is 22.7 Å². The van der Waals surface area contributed by atoms with Gasteiger partial charge in [-0.05, 0) is 78.8 Å². The number of hydrogen-bond donors (Lipinski definition) is 1. The standard InChI is InChI=1S/C20H25ClO2/c1-18-7-6-15(22)17(21)14(18)4-3-13-12(18)5-8-19(2)16(23)9-11-10-20(11,13)19/h6-7,11-13,16,23H,3-5,8-10H2,1-2H3/t11-,12?,13?,16-,18+,19+,20+/m0/s1. The Balaban J connectivity index is 1.60. The van der Waals surface area contributed by atoms with Crippen LogP contribution in [-0.4, -0.2) is 17.0 Å². The van der Waals surface area contributed by atoms with Gasteiger partial charge in [0, 0.05) is 5.41 Å². The molecular weight excluding hydrogens is 308 g/mol. The summed E-state index contributed by atoms with van der Waals surface area (Å²) in [6.45, 7) is 4.65. The minimum atomic E-state index is -0.112. The van der Waals surface area contributed by atoms with Crippen LogP contribution in [0, 0.1) is 34.0 Å². The average Bonchev–Trinajstić information content (AvgIpc) is 3.17. The van der Waals surface area contributed by atoms with E-state index in [0.29, 0.717) is 22.3 Å². The largest absolute Gasteiger partial charge is 0.393 e. The molecular formula is C20H25ClO2. The third kappa shape index (κ3) is 1.46. The number of carbonyl (C=O) groups excluding carboxylic acids is 1. The summed E-state index contributed by atoms with van der Waals surface area (Å²) in [6.07, 6.45) is 10.4. The molecule has 1 spiro atoms. The molecule has 0 aromatic rings. The average molecular weight is 333 g/mol. The summed E-state index contributed by atoms with van der Waals surface area (Å²) in [5.74, 6) is 1.97. The van der Waals surface area contributed by atoms with Crippen molar-refractivity contribution in [3.63, 3.8) is 0 Å². The highest BCUT2D eigenvalue weighted by molar-refractivity contribution is 6.45. The summed E-state index contributed by atoms with van der Waals surface area (Å²) < 4.78 is 0. The van der Waals surface area contributed by atoms with Gasteiger partial charge in [-0.15, -0.1) is 0 Å². The van der Waals surface area contributed by atoms with Crippen molar-refractivity contribution in [1.29, 1.82) is 0 Å². The highest BCUT2D eigenvalue weighted by Crippen LogP contribution is 2.82. The molecule has 23 heavy (non-hydrogen) atoms. The lowest BCUT2D eigenvalue weighted by Crippen LogP contribution is -2.53. The van der Waals surface area contributed by atoms with E-state index in [2.05, 4.69) is 19.9 Å². The third-order valence-electron chi connectivity index (χ3n) is 8.77. The summed E-state index contributed by atoms with van der Waals surface area (Å²) in [5, 5.41) is 11.1. The Labute approximate surface area is 143 Å². The van der Waals surface area contributed by atoms with Crippen LogP contribution in [0.15, 0.2) is 22.8 Å². The molecule has 4 fully saturated rings. The summed E-state index contributed by atoms with van der Waals surface area (Å²) in [6, 6.07) is 0. The second-order valence-electron chi connectivity index (χ2n) is 9.17. The van der Waals surface area contributed by atoms with Crippen molar-refractivity contribution in [2.75, 3.05) is 0 Å². The van der Waals surface area contributed by atoms with Crippen LogP contribution in [0.25, 0.3) is 0 Å². The monoisotopic (exact) mass is 332 g/mol. The first-order valence-corrected chi connectivity index (χ1v) is 9.53. The molecule has 5 rings (SSSR count). The fourth-order valence-corrected chi connectivity index (χ4v) is 7.85. The number of rotatable bonds is 0. The Morgan fingerprint density at radius 2 is 2.04 bits per heavy atom. The molecule has 3 heteroatoms. The molecule has 0 aliphatic heterocycles. The van der Waals surface area contributed by atoms with Gasteiger partial charge in [-0.1, -0.05) is 31.5 Å². The maximum atomic E-state index is 12.0. The molecule has 0 aromatic heterocycles. The molecule has 124 valence electrons. The van der Waals surface area contributed by atoms with E-state index in [0.717, 1.165) is 38.0 Å². The van der Waals surface area contributed by atoms with Crippen molar-refractivity contribution in [3.8, 4) is 0 Å². The predicted molar refractivity (Wildman–Crippen MR) is 89.9 cm³/mol. The van der Waals surface area contributed by atoms with Crippen molar-refractivity contribution >= 4 is 17.4 Å². The first-order valence-electron chi connectivity index (χ1n) is 9.15. The van der Waals surface area contributed by atoms with E-state index < -0.39 is 0 Å². The maximum absolute atomic E-state index is 12.0. The van der Waals surface area contributed by atoms with Crippen molar-refractivity contribution in [2.45, 2.75) is 58.5 Å². The molecule has 2 unspecified atom stereocenters. The summed E-state index contributed by atoms with van der Waals surface area (Å²) >= 11 is 6.41. The first kappa shape index (κ1) is 14.7. The molecule has 0 amide bonds. The molecule has 4 saturated carbocycles. The van der Waals surface area contributed by atoms with Crippen LogP contribution in [0.1, 0.15) is 52.4 Å². The highest BCUT2D eigenvalue weighted by atomic mass is 35.5. The SMILES string of the molecule is C[C@]12C=CC(=O)C(Cl)=C1CCC1C2CC[C@]2(C)[C@@H](O)C[C@H]3C[C@]132. The number of carbonyl (C=O) groups is 1. The Morgan fingerprint density at radius 3 is 2.83 bits per heavy atom. The van der Waals surface area contributed by atoms with E-state index in [1.54, 1.807) is 6.08 Å². The fraction of sp³-hybridized carbons (Fsp3) is 0.750. The number of aliphatic hydroxyl groups is 1. The molecule has 0 heterocycles. The zero-order valence-electron chi connectivity index (χ0n) is 13.9. The minimum Gasteiger partial charge on any atom is -0.393 e. The molecule has 1 N–H and O–H groups in total. The lowest BCUT2D eigenvalue weighted by molar-refractivity contribution is -0.112.